The lowest BCUT2D eigenvalue weighted by Crippen LogP contribution is -2.31. The van der Waals surface area contributed by atoms with E-state index in [-0.39, 0.29) is 6.04 Å². The Morgan fingerprint density at radius 1 is 1.62 bits per heavy atom. The Morgan fingerprint density at radius 2 is 2.44 bits per heavy atom. The van der Waals surface area contributed by atoms with Gasteiger partial charge in [0.2, 0.25) is 11.8 Å². The summed E-state index contributed by atoms with van der Waals surface area (Å²) in [4.78, 5) is 8.33. The van der Waals surface area contributed by atoms with Gasteiger partial charge in [-0.05, 0) is 25.7 Å². The largest absolute Gasteiger partial charge is 0.478 e. The second kappa shape index (κ2) is 5.12. The molecule has 0 spiro atoms. The van der Waals surface area contributed by atoms with Gasteiger partial charge in [0.15, 0.2) is 0 Å². The molecule has 3 N–H and O–H groups in total. The van der Waals surface area contributed by atoms with Crippen molar-refractivity contribution in [2.75, 3.05) is 18.5 Å². The van der Waals surface area contributed by atoms with E-state index in [0.29, 0.717) is 24.4 Å². The fourth-order valence-corrected chi connectivity index (χ4v) is 1.56. The molecule has 5 nitrogen and oxygen atoms in total. The van der Waals surface area contributed by atoms with Crippen molar-refractivity contribution >= 4 is 5.95 Å². The number of ether oxygens (including phenoxy) is 1. The molecular formula is C11H18N4O. The van der Waals surface area contributed by atoms with Crippen molar-refractivity contribution < 1.29 is 4.74 Å². The summed E-state index contributed by atoms with van der Waals surface area (Å²) in [7, 11) is 0. The molecule has 0 bridgehead atoms. The smallest absolute Gasteiger partial charge is 0.225 e. The Kier molecular flexibility index (Phi) is 3.56. The summed E-state index contributed by atoms with van der Waals surface area (Å²) in [5.41, 5.74) is 5.97. The number of nitrogens with two attached hydrogens (primary N) is 1. The summed E-state index contributed by atoms with van der Waals surface area (Å²) in [6, 6.07) is 1.95. The number of anilines is 1. The molecule has 0 aromatic carbocycles. The third-order valence-electron chi connectivity index (χ3n) is 2.65. The lowest BCUT2D eigenvalue weighted by molar-refractivity contribution is 0.326. The maximum atomic E-state index is 5.97. The van der Waals surface area contributed by atoms with Gasteiger partial charge in [-0.3, -0.25) is 0 Å². The highest BCUT2D eigenvalue weighted by Crippen LogP contribution is 2.31. The lowest BCUT2D eigenvalue weighted by Gasteiger charge is -2.11. The van der Waals surface area contributed by atoms with Gasteiger partial charge in [-0.15, -0.1) is 0 Å². The van der Waals surface area contributed by atoms with Gasteiger partial charge in [0.1, 0.15) is 0 Å². The van der Waals surface area contributed by atoms with Crippen LogP contribution in [0, 0.1) is 5.92 Å². The lowest BCUT2D eigenvalue weighted by atomic mass is 10.2. The van der Waals surface area contributed by atoms with Crippen LogP contribution in [-0.2, 0) is 0 Å². The second-order valence-electron chi connectivity index (χ2n) is 4.03. The van der Waals surface area contributed by atoms with Crippen LogP contribution in [0.2, 0.25) is 0 Å². The normalized spacial score (nSPS) is 16.9. The van der Waals surface area contributed by atoms with Gasteiger partial charge in [0.25, 0.3) is 0 Å². The van der Waals surface area contributed by atoms with Crippen LogP contribution in [0.3, 0.4) is 0 Å². The van der Waals surface area contributed by atoms with Crippen molar-refractivity contribution in [3.8, 4) is 5.88 Å². The number of aromatic nitrogens is 2. The van der Waals surface area contributed by atoms with Crippen molar-refractivity contribution in [3.05, 3.63) is 12.3 Å². The minimum Gasteiger partial charge on any atom is -0.478 e. The van der Waals surface area contributed by atoms with Crippen LogP contribution in [0.15, 0.2) is 12.3 Å². The van der Waals surface area contributed by atoms with Gasteiger partial charge in [0, 0.05) is 24.8 Å². The highest BCUT2D eigenvalue weighted by molar-refractivity contribution is 5.27. The van der Waals surface area contributed by atoms with Crippen LogP contribution in [0.5, 0.6) is 5.88 Å². The first-order chi connectivity index (χ1) is 7.79. The van der Waals surface area contributed by atoms with E-state index in [1.165, 1.54) is 12.8 Å². The third kappa shape index (κ3) is 3.06. The Bertz CT molecular complexity index is 341. The topological polar surface area (TPSA) is 73.1 Å². The van der Waals surface area contributed by atoms with Crippen molar-refractivity contribution in [2.24, 2.45) is 11.7 Å². The number of hydrogen-bond donors (Lipinski definition) is 2. The molecule has 1 aliphatic carbocycles. The van der Waals surface area contributed by atoms with Crippen LogP contribution >= 0.6 is 0 Å². The first-order valence-electron chi connectivity index (χ1n) is 5.75. The van der Waals surface area contributed by atoms with Gasteiger partial charge in [-0.25, -0.2) is 4.98 Å². The Morgan fingerprint density at radius 3 is 3.12 bits per heavy atom. The van der Waals surface area contributed by atoms with E-state index >= 15 is 0 Å². The summed E-state index contributed by atoms with van der Waals surface area (Å²) in [5, 5.41) is 3.14. The zero-order valence-corrected chi connectivity index (χ0v) is 9.52. The molecule has 1 saturated carbocycles. The molecule has 16 heavy (non-hydrogen) atoms. The molecule has 1 heterocycles. The van der Waals surface area contributed by atoms with Gasteiger partial charge >= 0.3 is 0 Å². The van der Waals surface area contributed by atoms with Crippen LogP contribution in [0.4, 0.5) is 5.95 Å². The van der Waals surface area contributed by atoms with Crippen LogP contribution < -0.4 is 15.8 Å². The molecular weight excluding hydrogens is 204 g/mol. The minimum atomic E-state index is 0.208. The fraction of sp³-hybridized carbons (Fsp3) is 0.636. The summed E-state index contributed by atoms with van der Waals surface area (Å²) in [5.74, 6) is 1.87. The van der Waals surface area contributed by atoms with Crippen molar-refractivity contribution in [1.29, 1.82) is 0 Å². The second-order valence-corrected chi connectivity index (χ2v) is 4.03. The van der Waals surface area contributed by atoms with Crippen molar-refractivity contribution in [3.63, 3.8) is 0 Å². The molecule has 88 valence electrons. The van der Waals surface area contributed by atoms with E-state index in [9.17, 15) is 0 Å². The Hall–Kier alpha value is -1.36. The van der Waals surface area contributed by atoms with Crippen molar-refractivity contribution in [1.82, 2.24) is 9.97 Å². The molecule has 0 amide bonds. The Balaban J connectivity index is 1.85. The highest BCUT2D eigenvalue weighted by atomic mass is 16.5. The molecule has 1 aromatic rings. The Labute approximate surface area is 95.4 Å². The SMILES string of the molecule is CCOc1ccnc(NCC(N)C2CC2)n1. The molecule has 5 heteroatoms. The van der Waals surface area contributed by atoms with Gasteiger partial charge < -0.3 is 15.8 Å². The number of nitrogens with zero attached hydrogens (tertiary/aromatic N) is 2. The minimum absolute atomic E-state index is 0.208. The summed E-state index contributed by atoms with van der Waals surface area (Å²) < 4.78 is 5.29. The first kappa shape index (κ1) is 11.1. The predicted octanol–water partition coefficient (Wildman–Crippen LogP) is 1.02. The highest BCUT2D eigenvalue weighted by Gasteiger charge is 2.28. The average molecular weight is 222 g/mol. The van der Waals surface area contributed by atoms with Gasteiger partial charge in [-0.2, -0.15) is 4.98 Å². The van der Waals surface area contributed by atoms with E-state index in [1.807, 2.05) is 6.92 Å². The molecule has 0 saturated heterocycles. The molecule has 2 rings (SSSR count). The van der Waals surface area contributed by atoms with Gasteiger partial charge in [-0.1, -0.05) is 0 Å². The maximum Gasteiger partial charge on any atom is 0.225 e. The standard InChI is InChI=1S/C11H18N4O/c1-2-16-10-5-6-13-11(15-10)14-7-9(12)8-3-4-8/h5-6,8-9H,2-4,7,12H2,1H3,(H,13,14,15). The molecule has 1 aromatic heterocycles. The molecule has 1 atom stereocenters. The van der Waals surface area contributed by atoms with Crippen LogP contribution in [-0.4, -0.2) is 29.2 Å². The molecule has 0 aliphatic heterocycles. The summed E-state index contributed by atoms with van der Waals surface area (Å²) >= 11 is 0. The summed E-state index contributed by atoms with van der Waals surface area (Å²) in [6.07, 6.45) is 4.19. The van der Waals surface area contributed by atoms with Crippen LogP contribution in [0.1, 0.15) is 19.8 Å². The van der Waals surface area contributed by atoms with E-state index in [4.69, 9.17) is 10.5 Å². The number of nitrogens with one attached hydrogen (secondary N) is 1. The zero-order chi connectivity index (χ0) is 11.4. The predicted molar refractivity (Wildman–Crippen MR) is 62.4 cm³/mol. The maximum absolute atomic E-state index is 5.97. The molecule has 0 radical (unpaired) electrons. The quantitative estimate of drug-likeness (QED) is 0.752. The fourth-order valence-electron chi connectivity index (χ4n) is 1.56. The zero-order valence-electron chi connectivity index (χ0n) is 9.52. The van der Waals surface area contributed by atoms with Gasteiger partial charge in [0.05, 0.1) is 6.61 Å². The van der Waals surface area contributed by atoms with E-state index < -0.39 is 0 Å². The summed E-state index contributed by atoms with van der Waals surface area (Å²) in [6.45, 7) is 3.26. The van der Waals surface area contributed by atoms with Crippen LogP contribution in [0.25, 0.3) is 0 Å². The first-order valence-corrected chi connectivity index (χ1v) is 5.75. The van der Waals surface area contributed by atoms with E-state index in [0.717, 1.165) is 6.54 Å². The molecule has 1 unspecified atom stereocenters. The van der Waals surface area contributed by atoms with E-state index in [1.54, 1.807) is 12.3 Å². The van der Waals surface area contributed by atoms with E-state index in [2.05, 4.69) is 15.3 Å². The number of hydrogen-bond acceptors (Lipinski definition) is 5. The number of rotatable bonds is 6. The third-order valence-corrected chi connectivity index (χ3v) is 2.65. The molecule has 1 aliphatic rings. The monoisotopic (exact) mass is 222 g/mol. The molecule has 1 fully saturated rings. The van der Waals surface area contributed by atoms with Crippen molar-refractivity contribution in [2.45, 2.75) is 25.8 Å². The average Bonchev–Trinajstić information content (AvgIpc) is 3.11.